The van der Waals surface area contributed by atoms with E-state index < -0.39 is 4.92 Å². The fraction of sp³-hybridized carbons (Fsp3) is 0. The highest BCUT2D eigenvalue weighted by Gasteiger charge is 2.26. The molecule has 0 bridgehead atoms. The molecule has 0 saturated heterocycles. The van der Waals surface area contributed by atoms with Gasteiger partial charge in [0.25, 0.3) is 0 Å². The maximum Gasteiger partial charge on any atom is 0.356 e. The average molecular weight is 368 g/mol. The molecule has 0 radical (unpaired) electrons. The monoisotopic (exact) mass is 367 g/mol. The maximum atomic E-state index is 11.7. The molecule has 2 aromatic heterocycles. The van der Waals surface area contributed by atoms with Crippen molar-refractivity contribution in [2.24, 2.45) is 0 Å². The van der Waals surface area contributed by atoms with Crippen LogP contribution < -0.4 is 5.32 Å². The van der Waals surface area contributed by atoms with Gasteiger partial charge in [-0.2, -0.15) is 4.68 Å². The van der Waals surface area contributed by atoms with Crippen LogP contribution in [0.5, 0.6) is 0 Å². The summed E-state index contributed by atoms with van der Waals surface area (Å²) in [5.41, 5.74) is 1.50. The number of nitrogens with one attached hydrogen (secondary N) is 1. The number of para-hydroxylation sites is 1. The third kappa shape index (κ3) is 2.80. The Morgan fingerprint density at radius 3 is 2.62 bits per heavy atom. The van der Waals surface area contributed by atoms with E-state index in [2.05, 4.69) is 25.6 Å². The van der Waals surface area contributed by atoms with Gasteiger partial charge in [-0.25, -0.2) is 9.97 Å². The second-order valence-electron chi connectivity index (χ2n) is 5.27. The van der Waals surface area contributed by atoms with Crippen LogP contribution in [-0.4, -0.2) is 29.9 Å². The second-order valence-corrected chi connectivity index (χ2v) is 5.71. The molecule has 0 aliphatic carbocycles. The number of nitrogens with zero attached hydrogens (tertiary/aromatic N) is 6. The van der Waals surface area contributed by atoms with Crippen LogP contribution in [0.2, 0.25) is 5.02 Å². The number of anilines is 2. The summed E-state index contributed by atoms with van der Waals surface area (Å²) in [6.45, 7) is 0. The van der Waals surface area contributed by atoms with Gasteiger partial charge in [-0.05, 0) is 36.4 Å². The van der Waals surface area contributed by atoms with E-state index in [-0.39, 0.29) is 17.3 Å². The molecule has 0 atom stereocenters. The van der Waals surface area contributed by atoms with E-state index in [0.717, 1.165) is 0 Å². The molecule has 2 aromatic carbocycles. The van der Waals surface area contributed by atoms with Crippen molar-refractivity contribution < 1.29 is 4.92 Å². The first-order valence-electron chi connectivity index (χ1n) is 7.46. The minimum absolute atomic E-state index is 0.0233. The van der Waals surface area contributed by atoms with Gasteiger partial charge in [-0.3, -0.25) is 10.1 Å². The molecule has 10 heteroatoms. The number of hydrogen-bond acceptors (Lipinski definition) is 7. The van der Waals surface area contributed by atoms with Gasteiger partial charge in [0, 0.05) is 10.7 Å². The Bertz CT molecular complexity index is 1110. The smallest absolute Gasteiger partial charge is 0.334 e. The Labute approximate surface area is 151 Å². The van der Waals surface area contributed by atoms with Gasteiger partial charge in [0.2, 0.25) is 11.6 Å². The van der Waals surface area contributed by atoms with E-state index in [4.69, 9.17) is 11.6 Å². The van der Waals surface area contributed by atoms with Crippen molar-refractivity contribution in [2.45, 2.75) is 0 Å². The first kappa shape index (κ1) is 15.9. The summed E-state index contributed by atoms with van der Waals surface area (Å²) >= 11 is 5.86. The van der Waals surface area contributed by atoms with E-state index in [0.29, 0.717) is 21.7 Å². The van der Waals surface area contributed by atoms with Crippen LogP contribution in [0.3, 0.4) is 0 Å². The van der Waals surface area contributed by atoms with Crippen molar-refractivity contribution in [1.82, 2.24) is 25.0 Å². The molecular weight excluding hydrogens is 358 g/mol. The van der Waals surface area contributed by atoms with Crippen LogP contribution in [0.25, 0.3) is 16.9 Å². The van der Waals surface area contributed by atoms with Gasteiger partial charge in [-0.15, -0.1) is 5.10 Å². The maximum absolute atomic E-state index is 11.7. The fourth-order valence-electron chi connectivity index (χ4n) is 2.48. The minimum Gasteiger partial charge on any atom is -0.334 e. The lowest BCUT2D eigenvalue weighted by Gasteiger charge is -2.08. The summed E-state index contributed by atoms with van der Waals surface area (Å²) in [7, 11) is 0. The normalized spacial score (nSPS) is 10.8. The highest BCUT2D eigenvalue weighted by atomic mass is 35.5. The van der Waals surface area contributed by atoms with E-state index in [1.54, 1.807) is 42.5 Å². The first-order valence-corrected chi connectivity index (χ1v) is 7.84. The molecule has 0 aliphatic heterocycles. The zero-order valence-electron chi connectivity index (χ0n) is 13.1. The summed E-state index contributed by atoms with van der Waals surface area (Å²) in [5.74, 6) is 0.0667. The SMILES string of the molecule is O=[N+]([O-])c1c(Nc2ccc(Cl)cc2)ncnc1-n1nnc2ccccc21. The van der Waals surface area contributed by atoms with E-state index in [9.17, 15) is 10.1 Å². The van der Waals surface area contributed by atoms with Crippen LogP contribution in [0, 0.1) is 10.1 Å². The third-order valence-electron chi connectivity index (χ3n) is 3.64. The van der Waals surface area contributed by atoms with Crippen LogP contribution in [0.4, 0.5) is 17.2 Å². The van der Waals surface area contributed by atoms with Gasteiger partial charge in [0.1, 0.15) is 11.8 Å². The Kier molecular flexibility index (Phi) is 3.90. The van der Waals surface area contributed by atoms with Gasteiger partial charge in [0.15, 0.2) is 0 Å². The number of hydrogen-bond donors (Lipinski definition) is 1. The largest absolute Gasteiger partial charge is 0.356 e. The van der Waals surface area contributed by atoms with Crippen molar-refractivity contribution >= 4 is 39.8 Å². The molecule has 2 heterocycles. The zero-order valence-corrected chi connectivity index (χ0v) is 13.8. The van der Waals surface area contributed by atoms with Gasteiger partial charge in [0.05, 0.1) is 10.4 Å². The molecule has 0 saturated carbocycles. The summed E-state index contributed by atoms with van der Waals surface area (Å²) in [6, 6.07) is 13.8. The fourth-order valence-corrected chi connectivity index (χ4v) is 2.61. The molecule has 0 fully saturated rings. The average Bonchev–Trinajstić information content (AvgIpc) is 3.07. The van der Waals surface area contributed by atoms with Crippen LogP contribution >= 0.6 is 11.6 Å². The number of fused-ring (bicyclic) bond motifs is 1. The van der Waals surface area contributed by atoms with Crippen LogP contribution in [0.1, 0.15) is 0 Å². The Balaban J connectivity index is 1.86. The van der Waals surface area contributed by atoms with Crippen molar-refractivity contribution in [3.8, 4) is 5.82 Å². The molecule has 26 heavy (non-hydrogen) atoms. The number of nitro groups is 1. The molecule has 0 aliphatic rings. The van der Waals surface area contributed by atoms with Crippen LogP contribution in [-0.2, 0) is 0 Å². The Morgan fingerprint density at radius 1 is 1.08 bits per heavy atom. The summed E-state index contributed by atoms with van der Waals surface area (Å²) < 4.78 is 1.32. The first-order chi connectivity index (χ1) is 12.6. The molecule has 4 rings (SSSR count). The summed E-state index contributed by atoms with van der Waals surface area (Å²) in [4.78, 5) is 19.2. The molecule has 0 amide bonds. The standard InChI is InChI=1S/C16H10ClN7O2/c17-10-5-7-11(8-6-10)20-15-14(24(25)26)16(19-9-18-15)23-13-4-2-1-3-12(13)21-22-23/h1-9H,(H,18,19,20). The van der Waals surface area contributed by atoms with Crippen molar-refractivity contribution in [2.75, 3.05) is 5.32 Å². The zero-order chi connectivity index (χ0) is 18.1. The molecule has 0 unspecified atom stereocenters. The van der Waals surface area contributed by atoms with Gasteiger partial charge >= 0.3 is 5.69 Å². The van der Waals surface area contributed by atoms with Gasteiger partial charge in [-0.1, -0.05) is 28.9 Å². The quantitative estimate of drug-likeness (QED) is 0.433. The molecule has 9 nitrogen and oxygen atoms in total. The van der Waals surface area contributed by atoms with Crippen molar-refractivity contribution in [3.05, 3.63) is 70.0 Å². The van der Waals surface area contributed by atoms with Gasteiger partial charge < -0.3 is 5.32 Å². The molecule has 4 aromatic rings. The van der Waals surface area contributed by atoms with Crippen LogP contribution in [0.15, 0.2) is 54.9 Å². The lowest BCUT2D eigenvalue weighted by Crippen LogP contribution is -2.08. The highest BCUT2D eigenvalue weighted by molar-refractivity contribution is 6.30. The topological polar surface area (TPSA) is 112 Å². The molecular formula is C16H10ClN7O2. The summed E-state index contributed by atoms with van der Waals surface area (Å²) in [6.07, 6.45) is 1.23. The lowest BCUT2D eigenvalue weighted by molar-refractivity contribution is -0.384. The molecule has 1 N–H and O–H groups in total. The Morgan fingerprint density at radius 2 is 1.85 bits per heavy atom. The number of rotatable bonds is 4. The second kappa shape index (κ2) is 6.37. The van der Waals surface area contributed by atoms with E-state index in [1.165, 1.54) is 11.0 Å². The number of aromatic nitrogens is 5. The molecule has 128 valence electrons. The van der Waals surface area contributed by atoms with Crippen molar-refractivity contribution in [3.63, 3.8) is 0 Å². The predicted octanol–water partition coefficient (Wildman–Crippen LogP) is 3.52. The van der Waals surface area contributed by atoms with Crippen molar-refractivity contribution in [1.29, 1.82) is 0 Å². The number of benzene rings is 2. The summed E-state index contributed by atoms with van der Waals surface area (Å²) in [5, 5.41) is 23.2. The van der Waals surface area contributed by atoms with E-state index >= 15 is 0 Å². The Hall–Kier alpha value is -3.59. The third-order valence-corrected chi connectivity index (χ3v) is 3.90. The molecule has 0 spiro atoms. The highest BCUT2D eigenvalue weighted by Crippen LogP contribution is 2.31. The lowest BCUT2D eigenvalue weighted by atomic mass is 10.3. The van der Waals surface area contributed by atoms with E-state index in [1.807, 2.05) is 6.07 Å². The predicted molar refractivity (Wildman–Crippen MR) is 95.8 cm³/mol. The minimum atomic E-state index is -0.552. The number of halogens is 1.